The molecule has 0 bridgehead atoms. The van der Waals surface area contributed by atoms with E-state index in [9.17, 15) is 4.79 Å². The monoisotopic (exact) mass is 318 g/mol. The van der Waals surface area contributed by atoms with E-state index in [2.05, 4.69) is 10.2 Å². The van der Waals surface area contributed by atoms with E-state index in [0.29, 0.717) is 24.2 Å². The number of ether oxygens (including phenoxy) is 1. The van der Waals surface area contributed by atoms with Crippen LogP contribution < -0.4 is 4.74 Å². The van der Waals surface area contributed by atoms with E-state index in [4.69, 9.17) is 9.15 Å². The first kappa shape index (κ1) is 14.4. The molecule has 0 aliphatic carbocycles. The molecule has 0 aromatic heterocycles. The fourth-order valence-electron chi connectivity index (χ4n) is 2.62. The molecule has 0 spiro atoms. The van der Waals surface area contributed by atoms with Gasteiger partial charge in [-0.1, -0.05) is 30.3 Å². The van der Waals surface area contributed by atoms with Gasteiger partial charge in [0.15, 0.2) is 0 Å². The Bertz CT molecular complexity index is 963. The van der Waals surface area contributed by atoms with Gasteiger partial charge in [-0.25, -0.2) is 0 Å². The van der Waals surface area contributed by atoms with Gasteiger partial charge in [-0.15, -0.1) is 5.10 Å². The number of aryl methyl sites for hydroxylation is 1. The van der Waals surface area contributed by atoms with E-state index in [-0.39, 0.29) is 5.97 Å². The van der Waals surface area contributed by atoms with Gasteiger partial charge in [0.05, 0.1) is 11.8 Å². The van der Waals surface area contributed by atoms with Crippen molar-refractivity contribution in [1.29, 1.82) is 0 Å². The predicted octanol–water partition coefficient (Wildman–Crippen LogP) is 3.87. The van der Waals surface area contributed by atoms with E-state index in [1.165, 1.54) is 0 Å². The van der Waals surface area contributed by atoms with Crippen molar-refractivity contribution < 1.29 is 13.9 Å². The zero-order valence-electron chi connectivity index (χ0n) is 12.8. The first-order valence-electron chi connectivity index (χ1n) is 7.67. The van der Waals surface area contributed by atoms with Crippen LogP contribution in [0, 0.1) is 0 Å². The first-order chi connectivity index (χ1) is 11.8. The van der Waals surface area contributed by atoms with Gasteiger partial charge in [-0.05, 0) is 30.2 Å². The van der Waals surface area contributed by atoms with Crippen LogP contribution in [0.2, 0.25) is 0 Å². The fraction of sp³-hybridized carbons (Fsp3) is 0.105. The van der Waals surface area contributed by atoms with Gasteiger partial charge in [-0.3, -0.25) is 4.79 Å². The summed E-state index contributed by atoms with van der Waals surface area (Å²) in [5.41, 5.74) is 3.33. The molecule has 0 amide bonds. The van der Waals surface area contributed by atoms with Crippen molar-refractivity contribution in [3.8, 4) is 17.0 Å². The molecule has 0 saturated carbocycles. The van der Waals surface area contributed by atoms with E-state index >= 15 is 0 Å². The van der Waals surface area contributed by atoms with Crippen LogP contribution in [0.3, 0.4) is 0 Å². The number of carbonyl (C=O) groups is 1. The molecule has 0 fully saturated rings. The van der Waals surface area contributed by atoms with Gasteiger partial charge in [0.25, 0.3) is 0 Å². The Balaban J connectivity index is 1.51. The molecule has 4 rings (SSSR count). The van der Waals surface area contributed by atoms with E-state index in [0.717, 1.165) is 22.2 Å². The lowest BCUT2D eigenvalue weighted by molar-refractivity contribution is -0.134. The maximum Gasteiger partial charge on any atom is 0.311 e. The summed E-state index contributed by atoms with van der Waals surface area (Å²) in [6.45, 7) is 0. The normalized spacial score (nSPS) is 11.0. The lowest BCUT2D eigenvalue weighted by atomic mass is 10.1. The molecule has 0 N–H and O–H groups in total. The van der Waals surface area contributed by atoms with Crippen molar-refractivity contribution in [3.05, 3.63) is 66.6 Å². The minimum absolute atomic E-state index is 0.268. The van der Waals surface area contributed by atoms with Crippen LogP contribution in [0.5, 0.6) is 5.75 Å². The Labute approximate surface area is 138 Å². The molecule has 0 atom stereocenters. The van der Waals surface area contributed by atoms with Crippen molar-refractivity contribution in [3.63, 3.8) is 0 Å². The summed E-state index contributed by atoms with van der Waals surface area (Å²) in [4.78, 5) is 12.1. The molecular weight excluding hydrogens is 304 g/mol. The minimum atomic E-state index is -0.268. The SMILES string of the molecule is O=C(CCc1ccccc1)Oc1ccc2occ3cnnc-3c2c1. The molecule has 5 nitrogen and oxygen atoms in total. The number of fused-ring (bicyclic) bond motifs is 3. The minimum Gasteiger partial charge on any atom is -0.464 e. The first-order valence-corrected chi connectivity index (χ1v) is 7.67. The number of hydrogen-bond donors (Lipinski definition) is 0. The zero-order chi connectivity index (χ0) is 16.4. The topological polar surface area (TPSA) is 65.2 Å². The smallest absolute Gasteiger partial charge is 0.311 e. The second kappa shape index (κ2) is 6.12. The summed E-state index contributed by atoms with van der Waals surface area (Å²) < 4.78 is 11.0. The van der Waals surface area contributed by atoms with Crippen LogP contribution in [0.25, 0.3) is 22.2 Å². The summed E-state index contributed by atoms with van der Waals surface area (Å²) in [6, 6.07) is 15.1. The summed E-state index contributed by atoms with van der Waals surface area (Å²) in [6.07, 6.45) is 4.23. The molecule has 118 valence electrons. The number of benzene rings is 2. The third-order valence-corrected chi connectivity index (χ3v) is 3.84. The average molecular weight is 318 g/mol. The van der Waals surface area contributed by atoms with Crippen molar-refractivity contribution >= 4 is 16.9 Å². The lowest BCUT2D eigenvalue weighted by Crippen LogP contribution is -2.09. The summed E-state index contributed by atoms with van der Waals surface area (Å²) in [5.74, 6) is 0.210. The highest BCUT2D eigenvalue weighted by atomic mass is 16.5. The average Bonchev–Trinajstić information content (AvgIpc) is 3.10. The highest BCUT2D eigenvalue weighted by Gasteiger charge is 2.14. The second-order valence-electron chi connectivity index (χ2n) is 5.50. The van der Waals surface area contributed by atoms with Crippen molar-refractivity contribution in [2.45, 2.75) is 12.8 Å². The van der Waals surface area contributed by atoms with Gasteiger partial charge in [0, 0.05) is 11.8 Å². The molecule has 2 aromatic rings. The third kappa shape index (κ3) is 2.84. The Morgan fingerprint density at radius 3 is 2.88 bits per heavy atom. The quantitative estimate of drug-likeness (QED) is 0.422. The van der Waals surface area contributed by atoms with Gasteiger partial charge >= 0.3 is 5.97 Å². The summed E-state index contributed by atoms with van der Waals surface area (Å²) in [7, 11) is 0. The number of aromatic nitrogens is 2. The van der Waals surface area contributed by atoms with Crippen molar-refractivity contribution in [2.75, 3.05) is 0 Å². The van der Waals surface area contributed by atoms with E-state index in [1.807, 2.05) is 30.3 Å². The standard InChI is InChI=1S/C19H14N2O3/c22-18(9-6-13-4-2-1-3-5-13)24-15-7-8-17-16(10-15)19-14(12-23-17)11-20-21-19/h1-5,7-8,10-12H,6,9H2. The number of nitrogens with zero attached hydrogens (tertiary/aromatic N) is 2. The molecule has 0 saturated heterocycles. The molecule has 24 heavy (non-hydrogen) atoms. The predicted molar refractivity (Wildman–Crippen MR) is 88.8 cm³/mol. The zero-order valence-corrected chi connectivity index (χ0v) is 12.8. The molecule has 2 heterocycles. The van der Waals surface area contributed by atoms with Crippen LogP contribution in [0.4, 0.5) is 0 Å². The molecular formula is C19H14N2O3. The number of hydrogen-bond acceptors (Lipinski definition) is 5. The molecule has 0 radical (unpaired) electrons. The highest BCUT2D eigenvalue weighted by Crippen LogP contribution is 2.31. The second-order valence-corrected chi connectivity index (χ2v) is 5.50. The largest absolute Gasteiger partial charge is 0.464 e. The highest BCUT2D eigenvalue weighted by molar-refractivity contribution is 5.92. The van der Waals surface area contributed by atoms with Crippen LogP contribution in [0.15, 0.2) is 65.4 Å². The molecule has 2 aliphatic rings. The van der Waals surface area contributed by atoms with Gasteiger partial charge in [-0.2, -0.15) is 5.10 Å². The van der Waals surface area contributed by atoms with Gasteiger partial charge in [0.2, 0.25) is 0 Å². The van der Waals surface area contributed by atoms with E-state index < -0.39 is 0 Å². The Kier molecular flexibility index (Phi) is 3.67. The maximum atomic E-state index is 12.1. The summed E-state index contributed by atoms with van der Waals surface area (Å²) >= 11 is 0. The summed E-state index contributed by atoms with van der Waals surface area (Å²) in [5, 5.41) is 8.76. The van der Waals surface area contributed by atoms with Gasteiger partial charge < -0.3 is 9.15 Å². The lowest BCUT2D eigenvalue weighted by Gasteiger charge is -2.07. The molecule has 5 heteroatoms. The Morgan fingerprint density at radius 1 is 1.12 bits per heavy atom. The van der Waals surface area contributed by atoms with Gasteiger partial charge in [0.1, 0.15) is 23.3 Å². The Hall–Kier alpha value is -3.21. The fourth-order valence-corrected chi connectivity index (χ4v) is 2.62. The molecule has 2 aromatic carbocycles. The van der Waals surface area contributed by atoms with Crippen molar-refractivity contribution in [1.82, 2.24) is 10.2 Å². The van der Waals surface area contributed by atoms with Crippen molar-refractivity contribution in [2.24, 2.45) is 0 Å². The maximum absolute atomic E-state index is 12.1. The number of rotatable bonds is 4. The Morgan fingerprint density at radius 2 is 2.00 bits per heavy atom. The number of carbonyl (C=O) groups excluding carboxylic acids is 1. The number of esters is 1. The van der Waals surface area contributed by atoms with Crippen LogP contribution >= 0.6 is 0 Å². The van der Waals surface area contributed by atoms with Crippen LogP contribution in [-0.2, 0) is 11.2 Å². The van der Waals surface area contributed by atoms with Crippen LogP contribution in [0.1, 0.15) is 12.0 Å². The third-order valence-electron chi connectivity index (χ3n) is 3.84. The molecule has 2 aliphatic heterocycles. The molecule has 0 unspecified atom stereocenters. The van der Waals surface area contributed by atoms with E-state index in [1.54, 1.807) is 30.7 Å². The van der Waals surface area contributed by atoms with Crippen LogP contribution in [-0.4, -0.2) is 16.2 Å².